The van der Waals surface area contributed by atoms with Crippen LogP contribution in [0.3, 0.4) is 0 Å². The zero-order chi connectivity index (χ0) is 22.4. The number of aromatic nitrogens is 1. The molecule has 3 atom stereocenters. The average Bonchev–Trinajstić information content (AvgIpc) is 3.41. The van der Waals surface area contributed by atoms with Gasteiger partial charge in [-0.2, -0.15) is 13.2 Å². The Morgan fingerprint density at radius 3 is 2.68 bits per heavy atom. The summed E-state index contributed by atoms with van der Waals surface area (Å²) in [4.78, 5) is 28.1. The fourth-order valence-electron chi connectivity index (χ4n) is 4.02. The van der Waals surface area contributed by atoms with E-state index in [-0.39, 0.29) is 24.2 Å². The third kappa shape index (κ3) is 6.04. The van der Waals surface area contributed by atoms with Gasteiger partial charge >= 0.3 is 12.1 Å². The Morgan fingerprint density at radius 2 is 2.06 bits per heavy atom. The normalized spacial score (nSPS) is 25.3. The van der Waals surface area contributed by atoms with Gasteiger partial charge in [-0.1, -0.05) is 12.1 Å². The lowest BCUT2D eigenvalue weighted by Gasteiger charge is -2.32. The molecule has 1 N–H and O–H groups in total. The third-order valence-corrected chi connectivity index (χ3v) is 5.47. The Kier molecular flexibility index (Phi) is 7.66. The lowest BCUT2D eigenvalue weighted by molar-refractivity contribution is -0.192. The smallest absolute Gasteiger partial charge is 0.475 e. The number of carboxylic acids is 1. The van der Waals surface area contributed by atoms with Gasteiger partial charge in [0.1, 0.15) is 12.2 Å². The van der Waals surface area contributed by atoms with E-state index >= 15 is 0 Å². The van der Waals surface area contributed by atoms with Crippen LogP contribution >= 0.6 is 0 Å². The molecule has 31 heavy (non-hydrogen) atoms. The van der Waals surface area contributed by atoms with E-state index < -0.39 is 12.1 Å². The summed E-state index contributed by atoms with van der Waals surface area (Å²) in [5.74, 6) is -2.57. The number of fused-ring (bicyclic) bond motifs is 1. The van der Waals surface area contributed by atoms with E-state index in [4.69, 9.17) is 19.4 Å². The molecule has 1 aromatic heterocycles. The predicted octanol–water partition coefficient (Wildman–Crippen LogP) is 3.10. The second-order valence-corrected chi connectivity index (χ2v) is 7.60. The van der Waals surface area contributed by atoms with Gasteiger partial charge in [0.15, 0.2) is 0 Å². The van der Waals surface area contributed by atoms with E-state index in [9.17, 15) is 18.0 Å². The fourth-order valence-corrected chi connectivity index (χ4v) is 4.02. The first kappa shape index (κ1) is 23.2. The minimum Gasteiger partial charge on any atom is -0.475 e. The van der Waals surface area contributed by atoms with Crippen LogP contribution in [0.4, 0.5) is 13.2 Å². The fraction of sp³-hybridized carbons (Fsp3) is 0.571. The number of nitrogens with zero attached hydrogens (tertiary/aromatic N) is 2. The highest BCUT2D eigenvalue weighted by molar-refractivity contribution is 5.94. The summed E-state index contributed by atoms with van der Waals surface area (Å²) >= 11 is 0. The van der Waals surface area contributed by atoms with Gasteiger partial charge in [0.05, 0.1) is 24.9 Å². The van der Waals surface area contributed by atoms with E-state index in [1.165, 1.54) is 0 Å². The number of hydrogen-bond acceptors (Lipinski definition) is 5. The predicted molar refractivity (Wildman–Crippen MR) is 103 cm³/mol. The van der Waals surface area contributed by atoms with Gasteiger partial charge in [-0.15, -0.1) is 0 Å². The number of carboxylic acid groups (broad SMARTS) is 1. The number of rotatable bonds is 4. The maximum atomic E-state index is 12.9. The Balaban J connectivity index is 0.000000339. The van der Waals surface area contributed by atoms with Gasteiger partial charge in [0.25, 0.3) is 0 Å². The van der Waals surface area contributed by atoms with Gasteiger partial charge in [0, 0.05) is 18.4 Å². The number of alkyl halides is 3. The van der Waals surface area contributed by atoms with Gasteiger partial charge < -0.3 is 19.5 Å². The molecule has 0 unspecified atom stereocenters. The summed E-state index contributed by atoms with van der Waals surface area (Å²) in [7, 11) is 0. The molecule has 1 aliphatic carbocycles. The number of pyridine rings is 1. The standard InChI is InChI=1S/C19H24N2O3.C2HF3O2/c22-19(14-6-1-2-7-14)21-12-17(18-16(21)9-5-11-23-18)24-13-15-8-3-4-10-20-15;3-2(4,5)1(6)7/h3-4,6,8,10,16-18H,1-2,5,7,9,11-13H2;(H,6,7)/t16-,17-,18+;/m1./s1. The molecule has 3 heterocycles. The van der Waals surface area contributed by atoms with E-state index in [0.717, 1.165) is 50.0 Å². The van der Waals surface area contributed by atoms with Crippen molar-refractivity contribution in [3.63, 3.8) is 0 Å². The minimum atomic E-state index is -5.08. The molecule has 1 aromatic rings. The molecular weight excluding hydrogens is 417 g/mol. The van der Waals surface area contributed by atoms with Crippen molar-refractivity contribution in [1.29, 1.82) is 0 Å². The maximum Gasteiger partial charge on any atom is 0.490 e. The molecule has 2 fully saturated rings. The molecular formula is C21H25F3N2O5. The van der Waals surface area contributed by atoms with Crippen molar-refractivity contribution in [3.8, 4) is 0 Å². The average molecular weight is 442 g/mol. The van der Waals surface area contributed by atoms with Gasteiger partial charge in [-0.25, -0.2) is 4.79 Å². The van der Waals surface area contributed by atoms with Crippen molar-refractivity contribution in [3.05, 3.63) is 41.7 Å². The minimum absolute atomic E-state index is 0.00610. The number of carbonyl (C=O) groups is 2. The summed E-state index contributed by atoms with van der Waals surface area (Å²) in [6.45, 7) is 1.84. The Labute approximate surface area is 177 Å². The first-order chi connectivity index (χ1) is 14.8. The highest BCUT2D eigenvalue weighted by Crippen LogP contribution is 2.33. The second kappa shape index (κ2) is 10.2. The summed E-state index contributed by atoms with van der Waals surface area (Å²) in [6, 6.07) is 5.97. The number of ether oxygens (including phenoxy) is 2. The molecule has 0 radical (unpaired) electrons. The van der Waals surface area contributed by atoms with Gasteiger partial charge in [-0.05, 0) is 44.2 Å². The van der Waals surface area contributed by atoms with Crippen molar-refractivity contribution in [1.82, 2.24) is 9.88 Å². The van der Waals surface area contributed by atoms with Crippen molar-refractivity contribution in [2.75, 3.05) is 13.2 Å². The zero-order valence-electron chi connectivity index (χ0n) is 16.9. The highest BCUT2D eigenvalue weighted by atomic mass is 19.4. The zero-order valence-corrected chi connectivity index (χ0v) is 16.9. The van der Waals surface area contributed by atoms with Crippen LogP contribution in [0, 0.1) is 0 Å². The number of carbonyl (C=O) groups excluding carboxylic acids is 1. The van der Waals surface area contributed by atoms with Crippen molar-refractivity contribution < 1.29 is 37.3 Å². The first-order valence-electron chi connectivity index (χ1n) is 10.2. The Morgan fingerprint density at radius 1 is 1.29 bits per heavy atom. The molecule has 0 aromatic carbocycles. The maximum absolute atomic E-state index is 12.9. The molecule has 0 saturated carbocycles. The summed E-state index contributed by atoms with van der Waals surface area (Å²) in [6.07, 6.45) is 3.77. The van der Waals surface area contributed by atoms with Crippen LogP contribution < -0.4 is 0 Å². The van der Waals surface area contributed by atoms with Gasteiger partial charge in [0.2, 0.25) is 5.91 Å². The van der Waals surface area contributed by atoms with E-state index in [0.29, 0.717) is 13.2 Å². The number of allylic oxidation sites excluding steroid dienone is 1. The largest absolute Gasteiger partial charge is 0.490 e. The summed E-state index contributed by atoms with van der Waals surface area (Å²) in [5, 5.41) is 7.12. The molecule has 3 aliphatic rings. The Bertz CT molecular complexity index is 800. The SMILES string of the molecule is O=C(C1=CCCC1)N1C[C@@H](OCc2ccccn2)[C@H]2OCCC[C@H]21.O=C(O)C(F)(F)F. The van der Waals surface area contributed by atoms with Crippen molar-refractivity contribution >= 4 is 11.9 Å². The lowest BCUT2D eigenvalue weighted by atomic mass is 10.0. The summed E-state index contributed by atoms with van der Waals surface area (Å²) in [5.41, 5.74) is 1.89. The monoisotopic (exact) mass is 442 g/mol. The number of likely N-dealkylation sites (tertiary alicyclic amines) is 1. The third-order valence-electron chi connectivity index (χ3n) is 5.47. The molecule has 7 nitrogen and oxygen atoms in total. The van der Waals surface area contributed by atoms with Crippen LogP contribution in [0.2, 0.25) is 0 Å². The lowest BCUT2D eigenvalue weighted by Crippen LogP contribution is -2.44. The molecule has 1 amide bonds. The molecule has 170 valence electrons. The van der Waals surface area contributed by atoms with Crippen molar-refractivity contribution in [2.24, 2.45) is 0 Å². The molecule has 2 saturated heterocycles. The van der Waals surface area contributed by atoms with Crippen LogP contribution in [-0.4, -0.2) is 64.4 Å². The highest BCUT2D eigenvalue weighted by Gasteiger charge is 2.47. The topological polar surface area (TPSA) is 89.0 Å². The number of hydrogen-bond donors (Lipinski definition) is 1. The van der Waals surface area contributed by atoms with E-state index in [2.05, 4.69) is 11.1 Å². The van der Waals surface area contributed by atoms with Crippen LogP contribution in [0.1, 0.15) is 37.8 Å². The number of aliphatic carboxylic acids is 1. The summed E-state index contributed by atoms with van der Waals surface area (Å²) < 4.78 is 43.8. The van der Waals surface area contributed by atoms with E-state index in [1.807, 2.05) is 23.1 Å². The molecule has 2 aliphatic heterocycles. The molecule has 0 bridgehead atoms. The van der Waals surface area contributed by atoms with E-state index in [1.54, 1.807) is 6.20 Å². The molecule has 10 heteroatoms. The molecule has 0 spiro atoms. The quantitative estimate of drug-likeness (QED) is 0.771. The Hall–Kier alpha value is -2.46. The molecule has 4 rings (SSSR count). The number of amides is 1. The van der Waals surface area contributed by atoms with Crippen LogP contribution in [0.15, 0.2) is 36.0 Å². The second-order valence-electron chi connectivity index (χ2n) is 7.60. The number of halogens is 3. The van der Waals surface area contributed by atoms with Crippen molar-refractivity contribution in [2.45, 2.75) is 63.1 Å². The first-order valence-corrected chi connectivity index (χ1v) is 10.2. The van der Waals surface area contributed by atoms with Gasteiger partial charge in [-0.3, -0.25) is 9.78 Å². The van der Waals surface area contributed by atoms with Crippen LogP contribution in [0.25, 0.3) is 0 Å². The van der Waals surface area contributed by atoms with Crippen LogP contribution in [0.5, 0.6) is 0 Å². The van der Waals surface area contributed by atoms with Crippen LogP contribution in [-0.2, 0) is 25.7 Å².